The lowest BCUT2D eigenvalue weighted by molar-refractivity contribution is 0.0734. The number of rotatable bonds is 3. The van der Waals surface area contributed by atoms with Crippen LogP contribution >= 0.6 is 0 Å². The summed E-state index contributed by atoms with van der Waals surface area (Å²) in [4.78, 5) is 11.9. The number of nitrogens with two attached hydrogens (primary N) is 2. The van der Waals surface area contributed by atoms with Crippen molar-refractivity contribution in [1.82, 2.24) is 0 Å². The van der Waals surface area contributed by atoms with E-state index in [0.29, 0.717) is 22.6 Å². The van der Waals surface area contributed by atoms with Crippen molar-refractivity contribution in [3.05, 3.63) is 59.7 Å². The maximum absolute atomic E-state index is 11.9. The first kappa shape index (κ1) is 12.6. The first-order chi connectivity index (χ1) is 9.20. The van der Waals surface area contributed by atoms with E-state index in [-0.39, 0.29) is 0 Å². The molecule has 0 heterocycles. The molecule has 0 aliphatic carbocycles. The van der Waals surface area contributed by atoms with Crippen LogP contribution in [0.25, 0.3) is 0 Å². The maximum Gasteiger partial charge on any atom is 0.343 e. The predicted molar refractivity (Wildman–Crippen MR) is 74.0 cm³/mol. The van der Waals surface area contributed by atoms with Gasteiger partial charge in [0.2, 0.25) is 0 Å². The van der Waals surface area contributed by atoms with Crippen molar-refractivity contribution in [1.29, 1.82) is 0 Å². The van der Waals surface area contributed by atoms with Gasteiger partial charge < -0.3 is 16.3 Å². The minimum atomic E-state index is -0.460. The lowest BCUT2D eigenvalue weighted by Gasteiger charge is -2.08. The summed E-state index contributed by atoms with van der Waals surface area (Å²) in [6, 6.07) is 13.6. The van der Waals surface area contributed by atoms with E-state index in [9.17, 15) is 4.79 Å². The standard InChI is InChI=1S/C14H13N3O2/c15-12-7-6-11(9-17-16)13(8-12)19-14(18)10-4-2-1-3-5-10/h1-9H,15-16H2. The van der Waals surface area contributed by atoms with Crippen LogP contribution in [0.1, 0.15) is 15.9 Å². The van der Waals surface area contributed by atoms with E-state index in [1.54, 1.807) is 42.5 Å². The topological polar surface area (TPSA) is 90.7 Å². The molecule has 2 aromatic carbocycles. The van der Waals surface area contributed by atoms with Crippen LogP contribution < -0.4 is 16.3 Å². The number of carbonyl (C=O) groups is 1. The summed E-state index contributed by atoms with van der Waals surface area (Å²) in [6.45, 7) is 0. The minimum Gasteiger partial charge on any atom is -0.422 e. The zero-order valence-electron chi connectivity index (χ0n) is 10.1. The van der Waals surface area contributed by atoms with E-state index in [1.165, 1.54) is 6.21 Å². The van der Waals surface area contributed by atoms with Gasteiger partial charge in [-0.1, -0.05) is 18.2 Å². The second kappa shape index (κ2) is 5.68. The summed E-state index contributed by atoms with van der Waals surface area (Å²) in [7, 11) is 0. The van der Waals surface area contributed by atoms with Gasteiger partial charge in [0, 0.05) is 17.3 Å². The molecule has 0 bridgehead atoms. The van der Waals surface area contributed by atoms with Gasteiger partial charge in [-0.25, -0.2) is 4.79 Å². The van der Waals surface area contributed by atoms with Gasteiger partial charge in [-0.2, -0.15) is 5.10 Å². The highest BCUT2D eigenvalue weighted by atomic mass is 16.5. The Hall–Kier alpha value is -2.82. The van der Waals surface area contributed by atoms with Gasteiger partial charge in [0.1, 0.15) is 5.75 Å². The highest BCUT2D eigenvalue weighted by molar-refractivity contribution is 5.93. The van der Waals surface area contributed by atoms with Crippen LogP contribution in [0.15, 0.2) is 53.6 Å². The summed E-state index contributed by atoms with van der Waals surface area (Å²) < 4.78 is 5.30. The number of hydrazone groups is 1. The predicted octanol–water partition coefficient (Wildman–Crippen LogP) is 1.78. The second-order valence-corrected chi connectivity index (χ2v) is 3.83. The summed E-state index contributed by atoms with van der Waals surface area (Å²) in [5.74, 6) is 4.97. The quantitative estimate of drug-likeness (QED) is 0.218. The van der Waals surface area contributed by atoms with Gasteiger partial charge in [-0.05, 0) is 24.3 Å². The first-order valence-corrected chi connectivity index (χ1v) is 5.60. The van der Waals surface area contributed by atoms with Crippen molar-refractivity contribution in [2.75, 3.05) is 5.73 Å². The SMILES string of the molecule is NN=Cc1ccc(N)cc1OC(=O)c1ccccc1. The Morgan fingerprint density at radius 3 is 2.58 bits per heavy atom. The third-order valence-electron chi connectivity index (χ3n) is 2.46. The molecule has 5 nitrogen and oxygen atoms in total. The lowest BCUT2D eigenvalue weighted by atomic mass is 10.2. The third-order valence-corrected chi connectivity index (χ3v) is 2.46. The van der Waals surface area contributed by atoms with Gasteiger partial charge in [0.15, 0.2) is 0 Å². The number of nitrogen functional groups attached to an aromatic ring is 1. The van der Waals surface area contributed by atoms with Gasteiger partial charge in [0.05, 0.1) is 11.8 Å². The molecule has 0 amide bonds. The number of carbonyl (C=O) groups excluding carboxylic acids is 1. The molecule has 0 radical (unpaired) electrons. The maximum atomic E-state index is 11.9. The minimum absolute atomic E-state index is 0.322. The van der Waals surface area contributed by atoms with E-state index < -0.39 is 5.97 Å². The molecule has 0 aromatic heterocycles. The molecule has 0 saturated carbocycles. The van der Waals surface area contributed by atoms with Crippen molar-refractivity contribution in [3.8, 4) is 5.75 Å². The van der Waals surface area contributed by atoms with Crippen LogP contribution in [-0.4, -0.2) is 12.2 Å². The fourth-order valence-electron chi connectivity index (χ4n) is 1.56. The Balaban J connectivity index is 2.28. The molecule has 19 heavy (non-hydrogen) atoms. The molecular formula is C14H13N3O2. The van der Waals surface area contributed by atoms with Crippen LogP contribution in [0, 0.1) is 0 Å². The molecule has 0 atom stereocenters. The van der Waals surface area contributed by atoms with Crippen LogP contribution in [0.3, 0.4) is 0 Å². The third kappa shape index (κ3) is 3.10. The molecule has 0 saturated heterocycles. The Morgan fingerprint density at radius 1 is 1.16 bits per heavy atom. The van der Waals surface area contributed by atoms with Crippen LogP contribution in [0.2, 0.25) is 0 Å². The highest BCUT2D eigenvalue weighted by Gasteiger charge is 2.10. The molecule has 96 valence electrons. The van der Waals surface area contributed by atoms with Gasteiger partial charge in [-0.15, -0.1) is 0 Å². The summed E-state index contributed by atoms with van der Waals surface area (Å²) >= 11 is 0. The Morgan fingerprint density at radius 2 is 1.89 bits per heavy atom. The molecule has 0 aliphatic heterocycles. The highest BCUT2D eigenvalue weighted by Crippen LogP contribution is 2.21. The molecule has 2 aromatic rings. The Labute approximate surface area is 110 Å². The fraction of sp³-hybridized carbons (Fsp3) is 0. The number of anilines is 1. The van der Waals surface area contributed by atoms with Crippen molar-refractivity contribution in [3.63, 3.8) is 0 Å². The molecule has 0 spiro atoms. The number of hydrogen-bond donors (Lipinski definition) is 2. The second-order valence-electron chi connectivity index (χ2n) is 3.83. The number of ether oxygens (including phenoxy) is 1. The smallest absolute Gasteiger partial charge is 0.343 e. The molecule has 4 N–H and O–H groups in total. The average molecular weight is 255 g/mol. The van der Waals surface area contributed by atoms with E-state index in [0.717, 1.165) is 0 Å². The molecule has 0 fully saturated rings. The summed E-state index contributed by atoms with van der Waals surface area (Å²) in [5.41, 5.74) is 7.20. The van der Waals surface area contributed by atoms with Crippen molar-refractivity contribution in [2.24, 2.45) is 10.9 Å². The molecule has 5 heteroatoms. The normalized spacial score (nSPS) is 10.5. The average Bonchev–Trinajstić information content (AvgIpc) is 2.43. The Kier molecular flexibility index (Phi) is 3.78. The van der Waals surface area contributed by atoms with Gasteiger partial charge >= 0.3 is 5.97 Å². The van der Waals surface area contributed by atoms with Crippen LogP contribution in [0.4, 0.5) is 5.69 Å². The van der Waals surface area contributed by atoms with E-state index >= 15 is 0 Å². The van der Waals surface area contributed by atoms with Crippen molar-refractivity contribution >= 4 is 17.9 Å². The van der Waals surface area contributed by atoms with Crippen LogP contribution in [0.5, 0.6) is 5.75 Å². The first-order valence-electron chi connectivity index (χ1n) is 5.60. The number of esters is 1. The molecule has 0 unspecified atom stereocenters. The molecule has 0 aliphatic rings. The monoisotopic (exact) mass is 255 g/mol. The summed E-state index contributed by atoms with van der Waals surface area (Å²) in [6.07, 6.45) is 1.40. The lowest BCUT2D eigenvalue weighted by Crippen LogP contribution is -2.10. The zero-order valence-corrected chi connectivity index (χ0v) is 10.1. The van der Waals surface area contributed by atoms with E-state index in [2.05, 4.69) is 5.10 Å². The van der Waals surface area contributed by atoms with Crippen molar-refractivity contribution in [2.45, 2.75) is 0 Å². The number of hydrogen-bond acceptors (Lipinski definition) is 5. The Bertz CT molecular complexity index is 609. The fourth-order valence-corrected chi connectivity index (χ4v) is 1.56. The van der Waals surface area contributed by atoms with E-state index in [4.69, 9.17) is 16.3 Å². The van der Waals surface area contributed by atoms with E-state index in [1.807, 2.05) is 6.07 Å². The number of benzene rings is 2. The largest absolute Gasteiger partial charge is 0.422 e. The van der Waals surface area contributed by atoms with Gasteiger partial charge in [-0.3, -0.25) is 0 Å². The molecule has 2 rings (SSSR count). The zero-order chi connectivity index (χ0) is 13.7. The van der Waals surface area contributed by atoms with Gasteiger partial charge in [0.25, 0.3) is 0 Å². The number of nitrogens with zero attached hydrogens (tertiary/aromatic N) is 1. The van der Waals surface area contributed by atoms with Crippen molar-refractivity contribution < 1.29 is 9.53 Å². The summed E-state index contributed by atoms with van der Waals surface area (Å²) in [5, 5.41) is 3.42. The molecular weight excluding hydrogens is 242 g/mol. The van der Waals surface area contributed by atoms with Crippen LogP contribution in [-0.2, 0) is 0 Å².